The average Bonchev–Trinajstić information content (AvgIpc) is 2.63. The van der Waals surface area contributed by atoms with E-state index in [0.717, 1.165) is 24.1 Å². The summed E-state index contributed by atoms with van der Waals surface area (Å²) in [6, 6.07) is 19.5. The Morgan fingerprint density at radius 2 is 1.67 bits per heavy atom. The van der Waals surface area contributed by atoms with Crippen LogP contribution in [0.1, 0.15) is 30.1 Å². The van der Waals surface area contributed by atoms with Crippen molar-refractivity contribution in [1.29, 1.82) is 0 Å². The maximum atomic E-state index is 12.5. The Hall–Kier alpha value is -2.17. The molecule has 0 spiro atoms. The summed E-state index contributed by atoms with van der Waals surface area (Å²) in [6.07, 6.45) is 0.133. The number of piperidine rings is 1. The molecular formula is C20H23NO3. The van der Waals surface area contributed by atoms with Gasteiger partial charge in [-0.05, 0) is 30.0 Å². The molecule has 1 fully saturated rings. The molecule has 2 N–H and O–H groups in total. The first-order valence-corrected chi connectivity index (χ1v) is 8.42. The summed E-state index contributed by atoms with van der Waals surface area (Å²) in [6.45, 7) is 1.37. The van der Waals surface area contributed by atoms with Crippen LogP contribution in [-0.4, -0.2) is 30.3 Å². The minimum atomic E-state index is -0.488. The van der Waals surface area contributed by atoms with Crippen molar-refractivity contribution in [3.63, 3.8) is 0 Å². The molecule has 0 aromatic heterocycles. The highest BCUT2D eigenvalue weighted by molar-refractivity contribution is 5.70. The zero-order valence-electron chi connectivity index (χ0n) is 13.6. The smallest absolute Gasteiger partial charge is 0.307 e. The van der Waals surface area contributed by atoms with Crippen molar-refractivity contribution < 1.29 is 14.6 Å². The fourth-order valence-electron chi connectivity index (χ4n) is 3.11. The molecule has 0 radical (unpaired) electrons. The normalized spacial score (nSPS) is 20.8. The third-order valence-electron chi connectivity index (χ3n) is 4.47. The van der Waals surface area contributed by atoms with Gasteiger partial charge in [0.25, 0.3) is 0 Å². The number of hydrogen-bond donors (Lipinski definition) is 2. The van der Waals surface area contributed by atoms with E-state index >= 15 is 0 Å². The number of β-amino-alcohol motifs (C(OH)–C–C–N with tert-alkyl or cyclic N) is 1. The second-order valence-electron chi connectivity index (χ2n) is 6.22. The van der Waals surface area contributed by atoms with E-state index in [0.29, 0.717) is 6.54 Å². The van der Waals surface area contributed by atoms with E-state index < -0.39 is 12.2 Å². The molecule has 1 saturated heterocycles. The van der Waals surface area contributed by atoms with Gasteiger partial charge in [0.2, 0.25) is 0 Å². The second-order valence-corrected chi connectivity index (χ2v) is 6.22. The molecule has 0 saturated carbocycles. The highest BCUT2D eigenvalue weighted by Gasteiger charge is 2.27. The van der Waals surface area contributed by atoms with E-state index in [1.54, 1.807) is 0 Å². The van der Waals surface area contributed by atoms with Crippen LogP contribution in [0.15, 0.2) is 60.7 Å². The molecule has 2 aromatic carbocycles. The van der Waals surface area contributed by atoms with E-state index in [4.69, 9.17) is 4.74 Å². The van der Waals surface area contributed by atoms with Gasteiger partial charge in [0, 0.05) is 6.54 Å². The summed E-state index contributed by atoms with van der Waals surface area (Å²) in [4.78, 5) is 12.5. The molecule has 0 bridgehead atoms. The maximum Gasteiger partial charge on any atom is 0.307 e. The summed E-state index contributed by atoms with van der Waals surface area (Å²) >= 11 is 0. The Kier molecular flexibility index (Phi) is 5.62. The predicted molar refractivity (Wildman–Crippen MR) is 92.4 cm³/mol. The number of hydrogen-bond acceptors (Lipinski definition) is 4. The van der Waals surface area contributed by atoms with Crippen LogP contribution in [0, 0.1) is 5.92 Å². The molecule has 24 heavy (non-hydrogen) atoms. The quantitative estimate of drug-likeness (QED) is 0.830. The monoisotopic (exact) mass is 325 g/mol. The fourth-order valence-corrected chi connectivity index (χ4v) is 3.11. The van der Waals surface area contributed by atoms with Crippen molar-refractivity contribution in [2.24, 2.45) is 5.92 Å². The highest BCUT2D eigenvalue weighted by Crippen LogP contribution is 2.27. The van der Waals surface area contributed by atoms with Crippen molar-refractivity contribution in [2.75, 3.05) is 13.1 Å². The number of aliphatic hydroxyl groups excluding tert-OH is 1. The van der Waals surface area contributed by atoms with Gasteiger partial charge in [0.15, 0.2) is 6.10 Å². The van der Waals surface area contributed by atoms with Gasteiger partial charge in [0.05, 0.1) is 12.5 Å². The number of ether oxygens (including phenoxy) is 1. The largest absolute Gasteiger partial charge is 0.453 e. The minimum Gasteiger partial charge on any atom is -0.453 e. The molecule has 1 aliphatic heterocycles. The average molecular weight is 325 g/mol. The fraction of sp³-hybridized carbons (Fsp3) is 0.350. The van der Waals surface area contributed by atoms with E-state index in [1.807, 2.05) is 60.7 Å². The van der Waals surface area contributed by atoms with Crippen molar-refractivity contribution in [3.05, 3.63) is 71.8 Å². The third-order valence-corrected chi connectivity index (χ3v) is 4.47. The Balaban J connectivity index is 1.73. The minimum absolute atomic E-state index is 0.0362. The number of nitrogens with one attached hydrogen (secondary N) is 1. The molecule has 3 rings (SSSR count). The van der Waals surface area contributed by atoms with Gasteiger partial charge in [-0.3, -0.25) is 4.79 Å². The van der Waals surface area contributed by atoms with E-state index in [1.165, 1.54) is 0 Å². The van der Waals surface area contributed by atoms with Gasteiger partial charge in [-0.25, -0.2) is 0 Å². The van der Waals surface area contributed by atoms with Crippen LogP contribution < -0.4 is 5.32 Å². The third kappa shape index (κ3) is 4.22. The van der Waals surface area contributed by atoms with E-state index in [9.17, 15) is 9.90 Å². The predicted octanol–water partition coefficient (Wildman–Crippen LogP) is 2.68. The van der Waals surface area contributed by atoms with Crippen LogP contribution in [0.2, 0.25) is 0 Å². The zero-order chi connectivity index (χ0) is 16.8. The molecule has 2 atom stereocenters. The molecule has 1 heterocycles. The van der Waals surface area contributed by atoms with E-state index in [2.05, 4.69) is 5.32 Å². The molecule has 0 unspecified atom stereocenters. The van der Waals surface area contributed by atoms with Crippen LogP contribution in [0.25, 0.3) is 0 Å². The molecule has 126 valence electrons. The molecule has 0 aliphatic carbocycles. The number of carbonyl (C=O) groups excluding carboxylic acids is 1. The summed E-state index contributed by atoms with van der Waals surface area (Å²) in [5.41, 5.74) is 1.89. The SMILES string of the molecule is O=C(C[C@@H]1CCNC[C@H]1O)OC(c1ccccc1)c1ccccc1. The summed E-state index contributed by atoms with van der Waals surface area (Å²) in [7, 11) is 0. The second kappa shape index (κ2) is 8.08. The Bertz CT molecular complexity index is 605. The van der Waals surface area contributed by atoms with Crippen molar-refractivity contribution in [3.8, 4) is 0 Å². The number of benzene rings is 2. The summed E-state index contributed by atoms with van der Waals surface area (Å²) < 4.78 is 5.80. The first kappa shape index (κ1) is 16.7. The van der Waals surface area contributed by atoms with Crippen LogP contribution in [0.5, 0.6) is 0 Å². The highest BCUT2D eigenvalue weighted by atomic mass is 16.5. The molecular weight excluding hydrogens is 302 g/mol. The van der Waals surface area contributed by atoms with Gasteiger partial charge in [-0.15, -0.1) is 0 Å². The van der Waals surface area contributed by atoms with Gasteiger partial charge >= 0.3 is 5.97 Å². The topological polar surface area (TPSA) is 58.6 Å². The number of aliphatic hydroxyl groups is 1. The maximum absolute atomic E-state index is 12.5. The summed E-state index contributed by atoms with van der Waals surface area (Å²) in [5, 5.41) is 13.1. The first-order valence-electron chi connectivity index (χ1n) is 8.42. The van der Waals surface area contributed by atoms with Crippen molar-refractivity contribution in [2.45, 2.75) is 25.0 Å². The zero-order valence-corrected chi connectivity index (χ0v) is 13.6. The van der Waals surface area contributed by atoms with E-state index in [-0.39, 0.29) is 18.3 Å². The Morgan fingerprint density at radius 1 is 1.08 bits per heavy atom. The van der Waals surface area contributed by atoms with Gasteiger partial charge in [0.1, 0.15) is 0 Å². The molecule has 2 aromatic rings. The van der Waals surface area contributed by atoms with Crippen LogP contribution in [0.4, 0.5) is 0 Å². The molecule has 4 heteroatoms. The van der Waals surface area contributed by atoms with Crippen molar-refractivity contribution in [1.82, 2.24) is 5.32 Å². The first-order chi connectivity index (χ1) is 11.7. The standard InChI is InChI=1S/C20H23NO3/c22-18-14-21-12-11-17(18)13-19(23)24-20(15-7-3-1-4-8-15)16-9-5-2-6-10-16/h1-10,17-18,20-22H,11-14H2/t17-,18+/m0/s1. The van der Waals surface area contributed by atoms with Gasteiger partial charge < -0.3 is 15.2 Å². The van der Waals surface area contributed by atoms with Gasteiger partial charge in [-0.2, -0.15) is 0 Å². The molecule has 0 amide bonds. The lowest BCUT2D eigenvalue weighted by atomic mass is 9.92. The number of carbonyl (C=O) groups is 1. The Labute approximate surface area is 142 Å². The van der Waals surface area contributed by atoms with Crippen LogP contribution in [0.3, 0.4) is 0 Å². The lowest BCUT2D eigenvalue weighted by Gasteiger charge is -2.28. The lowest BCUT2D eigenvalue weighted by molar-refractivity contribution is -0.150. The summed E-state index contributed by atoms with van der Waals surface area (Å²) in [5.74, 6) is -0.301. The lowest BCUT2D eigenvalue weighted by Crippen LogP contribution is -2.41. The van der Waals surface area contributed by atoms with Crippen molar-refractivity contribution >= 4 is 5.97 Å². The number of esters is 1. The van der Waals surface area contributed by atoms with Crippen LogP contribution >= 0.6 is 0 Å². The van der Waals surface area contributed by atoms with Crippen LogP contribution in [-0.2, 0) is 9.53 Å². The molecule has 4 nitrogen and oxygen atoms in total. The number of rotatable bonds is 5. The van der Waals surface area contributed by atoms with Gasteiger partial charge in [-0.1, -0.05) is 60.7 Å². The Morgan fingerprint density at radius 3 is 2.21 bits per heavy atom. The molecule has 1 aliphatic rings.